The van der Waals surface area contributed by atoms with Crippen molar-refractivity contribution >= 4 is 5.91 Å². The molecule has 2 aromatic rings. The number of rotatable bonds is 7. The second-order valence-corrected chi connectivity index (χ2v) is 4.94. The van der Waals surface area contributed by atoms with Crippen LogP contribution in [0.1, 0.15) is 36.1 Å². The summed E-state index contributed by atoms with van der Waals surface area (Å²) in [5, 5.41) is 9.25. The third-order valence-corrected chi connectivity index (χ3v) is 2.67. The number of hydrogen-bond donors (Lipinski definition) is 2. The number of hydrogen-bond acceptors (Lipinski definition) is 4. The molecule has 1 atom stereocenters. The predicted octanol–water partition coefficient (Wildman–Crippen LogP) is 2.15. The van der Waals surface area contributed by atoms with Crippen molar-refractivity contribution in [1.29, 1.82) is 0 Å². The van der Waals surface area contributed by atoms with Gasteiger partial charge < -0.3 is 14.5 Å². The van der Waals surface area contributed by atoms with Crippen LogP contribution in [0.5, 0.6) is 0 Å². The van der Waals surface area contributed by atoms with Crippen molar-refractivity contribution in [2.24, 2.45) is 5.92 Å². The quantitative estimate of drug-likeness (QED) is 0.812. The van der Waals surface area contributed by atoms with E-state index < -0.39 is 0 Å². The van der Waals surface area contributed by atoms with Gasteiger partial charge >= 0.3 is 0 Å². The fourth-order valence-electron chi connectivity index (χ4n) is 1.72. The first kappa shape index (κ1) is 14.3. The molecule has 6 nitrogen and oxygen atoms in total. The van der Waals surface area contributed by atoms with Crippen LogP contribution in [0.3, 0.4) is 0 Å². The molecule has 0 aliphatic carbocycles. The Bertz CT molecular complexity index is 506. The average Bonchev–Trinajstić information content (AvgIpc) is 3.10. The Balaban J connectivity index is 1.97. The molecule has 0 aromatic carbocycles. The molecule has 0 aliphatic heterocycles. The van der Waals surface area contributed by atoms with Gasteiger partial charge in [-0.15, -0.1) is 0 Å². The summed E-state index contributed by atoms with van der Waals surface area (Å²) in [7, 11) is 0. The summed E-state index contributed by atoms with van der Waals surface area (Å²) >= 11 is 0. The van der Waals surface area contributed by atoms with Crippen LogP contribution in [0, 0.1) is 5.92 Å². The standard InChI is InChI=1S/C14H19N3O3/c1-10(2)8-19-9-12(13-4-3-7-20-13)16-14(18)11-5-6-15-17-11/h3-7,10,12H,8-9H2,1-2H3,(H,15,17)(H,16,18). The minimum Gasteiger partial charge on any atom is -0.467 e. The Hall–Kier alpha value is -2.08. The summed E-state index contributed by atoms with van der Waals surface area (Å²) in [6.45, 7) is 5.15. The van der Waals surface area contributed by atoms with Crippen molar-refractivity contribution in [3.63, 3.8) is 0 Å². The van der Waals surface area contributed by atoms with E-state index in [0.717, 1.165) is 0 Å². The van der Waals surface area contributed by atoms with E-state index in [-0.39, 0.29) is 11.9 Å². The van der Waals surface area contributed by atoms with E-state index in [1.165, 1.54) is 6.20 Å². The Morgan fingerprint density at radius 1 is 1.45 bits per heavy atom. The Labute approximate surface area is 117 Å². The van der Waals surface area contributed by atoms with Gasteiger partial charge in [0.2, 0.25) is 0 Å². The van der Waals surface area contributed by atoms with Gasteiger partial charge in [0.15, 0.2) is 0 Å². The minimum atomic E-state index is -0.320. The monoisotopic (exact) mass is 277 g/mol. The molecule has 108 valence electrons. The van der Waals surface area contributed by atoms with E-state index in [1.54, 1.807) is 18.4 Å². The summed E-state index contributed by atoms with van der Waals surface area (Å²) in [5.74, 6) is 0.870. The number of furan rings is 1. The van der Waals surface area contributed by atoms with Crippen LogP contribution in [0.25, 0.3) is 0 Å². The topological polar surface area (TPSA) is 80.1 Å². The summed E-state index contributed by atoms with van der Waals surface area (Å²) in [6, 6.07) is 4.90. The molecule has 1 amide bonds. The van der Waals surface area contributed by atoms with E-state index in [9.17, 15) is 4.79 Å². The van der Waals surface area contributed by atoms with Gasteiger partial charge in [-0.25, -0.2) is 0 Å². The van der Waals surface area contributed by atoms with Crippen molar-refractivity contribution in [2.75, 3.05) is 13.2 Å². The molecule has 0 bridgehead atoms. The second kappa shape index (κ2) is 6.91. The summed E-state index contributed by atoms with van der Waals surface area (Å²) in [5.41, 5.74) is 0.408. The van der Waals surface area contributed by atoms with Crippen molar-refractivity contribution in [3.05, 3.63) is 42.1 Å². The van der Waals surface area contributed by atoms with Crippen LogP contribution in [0.2, 0.25) is 0 Å². The molecule has 0 fully saturated rings. The Kier molecular flexibility index (Phi) is 4.95. The number of carbonyl (C=O) groups excluding carboxylic acids is 1. The fourth-order valence-corrected chi connectivity index (χ4v) is 1.72. The lowest BCUT2D eigenvalue weighted by Crippen LogP contribution is -2.32. The van der Waals surface area contributed by atoms with Crippen molar-refractivity contribution in [1.82, 2.24) is 15.5 Å². The Morgan fingerprint density at radius 3 is 2.90 bits per heavy atom. The number of aromatic amines is 1. The first-order valence-corrected chi connectivity index (χ1v) is 6.58. The Morgan fingerprint density at radius 2 is 2.30 bits per heavy atom. The molecule has 6 heteroatoms. The molecular weight excluding hydrogens is 258 g/mol. The zero-order valence-electron chi connectivity index (χ0n) is 11.6. The van der Waals surface area contributed by atoms with E-state index in [2.05, 4.69) is 29.4 Å². The van der Waals surface area contributed by atoms with Crippen LogP contribution in [-0.2, 0) is 4.74 Å². The van der Waals surface area contributed by atoms with Gasteiger partial charge in [-0.2, -0.15) is 5.10 Å². The van der Waals surface area contributed by atoms with Crippen molar-refractivity contribution < 1.29 is 13.9 Å². The first-order chi connectivity index (χ1) is 9.66. The van der Waals surface area contributed by atoms with Crippen LogP contribution >= 0.6 is 0 Å². The van der Waals surface area contributed by atoms with Crippen LogP contribution in [-0.4, -0.2) is 29.3 Å². The van der Waals surface area contributed by atoms with Crippen LogP contribution < -0.4 is 5.32 Å². The van der Waals surface area contributed by atoms with E-state index in [0.29, 0.717) is 30.6 Å². The van der Waals surface area contributed by atoms with Gasteiger partial charge in [0, 0.05) is 12.8 Å². The minimum absolute atomic E-state index is 0.239. The lowest BCUT2D eigenvalue weighted by atomic mass is 10.2. The summed E-state index contributed by atoms with van der Waals surface area (Å²) in [4.78, 5) is 12.0. The number of aromatic nitrogens is 2. The second-order valence-electron chi connectivity index (χ2n) is 4.94. The molecule has 0 spiro atoms. The van der Waals surface area contributed by atoms with Crippen molar-refractivity contribution in [2.45, 2.75) is 19.9 Å². The highest BCUT2D eigenvalue weighted by Gasteiger charge is 2.19. The normalized spacial score (nSPS) is 12.6. The van der Waals surface area contributed by atoms with E-state index >= 15 is 0 Å². The van der Waals surface area contributed by atoms with Crippen LogP contribution in [0.4, 0.5) is 0 Å². The zero-order chi connectivity index (χ0) is 14.4. The third kappa shape index (κ3) is 3.96. The van der Waals surface area contributed by atoms with Gasteiger partial charge in [0.05, 0.1) is 12.9 Å². The molecule has 2 heterocycles. The SMILES string of the molecule is CC(C)COCC(NC(=O)c1ccn[nH]1)c1ccco1. The molecule has 2 rings (SSSR count). The molecule has 0 aliphatic rings. The molecule has 2 aromatic heterocycles. The number of nitrogens with one attached hydrogen (secondary N) is 2. The summed E-state index contributed by atoms with van der Waals surface area (Å²) < 4.78 is 10.9. The highest BCUT2D eigenvalue weighted by molar-refractivity contribution is 5.92. The average molecular weight is 277 g/mol. The lowest BCUT2D eigenvalue weighted by Gasteiger charge is -2.17. The fraction of sp³-hybridized carbons (Fsp3) is 0.429. The predicted molar refractivity (Wildman–Crippen MR) is 73.2 cm³/mol. The smallest absolute Gasteiger partial charge is 0.269 e. The number of carbonyl (C=O) groups is 1. The van der Waals surface area contributed by atoms with Crippen molar-refractivity contribution in [3.8, 4) is 0 Å². The van der Waals surface area contributed by atoms with E-state index in [1.807, 2.05) is 6.07 Å². The number of amides is 1. The zero-order valence-corrected chi connectivity index (χ0v) is 11.6. The highest BCUT2D eigenvalue weighted by atomic mass is 16.5. The maximum Gasteiger partial charge on any atom is 0.269 e. The third-order valence-electron chi connectivity index (χ3n) is 2.67. The van der Waals surface area contributed by atoms with Gasteiger partial charge in [0.25, 0.3) is 5.91 Å². The number of ether oxygens (including phenoxy) is 1. The molecule has 0 saturated heterocycles. The molecule has 2 N–H and O–H groups in total. The molecule has 20 heavy (non-hydrogen) atoms. The van der Waals surface area contributed by atoms with Gasteiger partial charge in [0.1, 0.15) is 17.5 Å². The molecule has 0 saturated carbocycles. The van der Waals surface area contributed by atoms with Gasteiger partial charge in [-0.3, -0.25) is 9.89 Å². The molecule has 1 unspecified atom stereocenters. The molecule has 0 radical (unpaired) electrons. The van der Waals surface area contributed by atoms with Crippen LogP contribution in [0.15, 0.2) is 35.1 Å². The number of nitrogens with zero attached hydrogens (tertiary/aromatic N) is 1. The maximum absolute atomic E-state index is 12.0. The largest absolute Gasteiger partial charge is 0.467 e. The summed E-state index contributed by atoms with van der Waals surface area (Å²) in [6.07, 6.45) is 3.11. The first-order valence-electron chi connectivity index (χ1n) is 6.58. The van der Waals surface area contributed by atoms with E-state index in [4.69, 9.17) is 9.15 Å². The lowest BCUT2D eigenvalue weighted by molar-refractivity contribution is 0.0727. The van der Waals surface area contributed by atoms with Gasteiger partial charge in [-0.05, 0) is 24.1 Å². The van der Waals surface area contributed by atoms with Gasteiger partial charge in [-0.1, -0.05) is 13.8 Å². The highest BCUT2D eigenvalue weighted by Crippen LogP contribution is 2.15. The number of H-pyrrole nitrogens is 1. The maximum atomic E-state index is 12.0. The molecular formula is C14H19N3O3.